The number of aromatic nitrogens is 2. The van der Waals surface area contributed by atoms with E-state index in [1.165, 1.54) is 18.2 Å². The third-order valence-corrected chi connectivity index (χ3v) is 4.87. The third-order valence-electron chi connectivity index (χ3n) is 3.82. The van der Waals surface area contributed by atoms with E-state index < -0.39 is 6.04 Å². The number of benzene rings is 2. The molecule has 0 aliphatic heterocycles. The van der Waals surface area contributed by atoms with Crippen LogP contribution in [0.15, 0.2) is 65.8 Å². The summed E-state index contributed by atoms with van der Waals surface area (Å²) in [6, 6.07) is 11.7. The molecule has 1 heterocycles. The second-order valence-corrected chi connectivity index (χ2v) is 6.68. The molecule has 3 rings (SSSR count). The van der Waals surface area contributed by atoms with Gasteiger partial charge in [-0.05, 0) is 29.8 Å². The summed E-state index contributed by atoms with van der Waals surface area (Å²) in [5.74, 6) is -0.294. The standard InChI is InChI=1S/C19H17F2N3OS/c1-24-11-10-22-19(24)18(13-6-8-14(20)9-7-13)23-17(25)12-26-16-5-3-2-4-15(16)21/h2-11,18H,12H2,1H3,(H,23,25). The molecule has 0 radical (unpaired) electrons. The van der Waals surface area contributed by atoms with E-state index in [1.54, 1.807) is 47.3 Å². The smallest absolute Gasteiger partial charge is 0.231 e. The lowest BCUT2D eigenvalue weighted by atomic mass is 10.1. The van der Waals surface area contributed by atoms with Crippen molar-refractivity contribution in [3.05, 3.63) is 83.9 Å². The van der Waals surface area contributed by atoms with E-state index in [0.29, 0.717) is 16.3 Å². The van der Waals surface area contributed by atoms with Crippen molar-refractivity contribution in [2.45, 2.75) is 10.9 Å². The first-order valence-corrected chi connectivity index (χ1v) is 8.92. The molecule has 1 aromatic heterocycles. The molecule has 1 unspecified atom stereocenters. The van der Waals surface area contributed by atoms with Gasteiger partial charge in [0, 0.05) is 24.3 Å². The molecule has 3 aromatic rings. The predicted octanol–water partition coefficient (Wildman–Crippen LogP) is 3.70. The molecule has 0 saturated heterocycles. The SMILES string of the molecule is Cn1ccnc1C(NC(=O)CSc1ccccc1F)c1ccc(F)cc1. The Labute approximate surface area is 154 Å². The Morgan fingerprint density at radius 1 is 1.19 bits per heavy atom. The third kappa shape index (κ3) is 4.29. The maximum absolute atomic E-state index is 13.7. The average Bonchev–Trinajstić information content (AvgIpc) is 3.05. The largest absolute Gasteiger partial charge is 0.341 e. The van der Waals surface area contributed by atoms with Crippen LogP contribution in [0.2, 0.25) is 0 Å². The van der Waals surface area contributed by atoms with E-state index in [1.807, 2.05) is 7.05 Å². The molecule has 0 bridgehead atoms. The van der Waals surface area contributed by atoms with Gasteiger partial charge < -0.3 is 9.88 Å². The molecule has 0 fully saturated rings. The number of carbonyl (C=O) groups excluding carboxylic acids is 1. The van der Waals surface area contributed by atoms with Gasteiger partial charge in [-0.3, -0.25) is 4.79 Å². The van der Waals surface area contributed by atoms with E-state index in [2.05, 4.69) is 10.3 Å². The second-order valence-electron chi connectivity index (χ2n) is 5.67. The zero-order valence-corrected chi connectivity index (χ0v) is 14.8. The first-order valence-electron chi connectivity index (χ1n) is 7.94. The number of carbonyl (C=O) groups is 1. The number of aryl methyl sites for hydroxylation is 1. The number of amides is 1. The summed E-state index contributed by atoms with van der Waals surface area (Å²) in [5.41, 5.74) is 0.713. The highest BCUT2D eigenvalue weighted by molar-refractivity contribution is 8.00. The van der Waals surface area contributed by atoms with Crippen molar-refractivity contribution in [3.63, 3.8) is 0 Å². The first kappa shape index (κ1) is 18.1. The summed E-state index contributed by atoms with van der Waals surface area (Å²) in [7, 11) is 1.82. The van der Waals surface area contributed by atoms with Crippen LogP contribution in [0.5, 0.6) is 0 Å². The Bertz CT molecular complexity index is 896. The van der Waals surface area contributed by atoms with Crippen LogP contribution in [-0.4, -0.2) is 21.2 Å². The van der Waals surface area contributed by atoms with Crippen LogP contribution >= 0.6 is 11.8 Å². The fourth-order valence-corrected chi connectivity index (χ4v) is 3.27. The topological polar surface area (TPSA) is 46.9 Å². The number of halogens is 2. The molecular formula is C19H17F2N3OS. The Balaban J connectivity index is 1.75. The van der Waals surface area contributed by atoms with Gasteiger partial charge in [0.25, 0.3) is 0 Å². The van der Waals surface area contributed by atoms with Crippen LogP contribution in [0, 0.1) is 11.6 Å². The molecule has 4 nitrogen and oxygen atoms in total. The van der Waals surface area contributed by atoms with Gasteiger partial charge in [0.2, 0.25) is 5.91 Å². The number of rotatable bonds is 6. The molecule has 0 spiro atoms. The molecule has 134 valence electrons. The zero-order valence-electron chi connectivity index (χ0n) is 14.0. The Hall–Kier alpha value is -2.67. The van der Waals surface area contributed by atoms with Gasteiger partial charge in [-0.2, -0.15) is 0 Å². The lowest BCUT2D eigenvalue weighted by Crippen LogP contribution is -2.32. The summed E-state index contributed by atoms with van der Waals surface area (Å²) >= 11 is 1.12. The minimum Gasteiger partial charge on any atom is -0.341 e. The van der Waals surface area contributed by atoms with Gasteiger partial charge >= 0.3 is 0 Å². The second kappa shape index (κ2) is 8.14. The van der Waals surface area contributed by atoms with Crippen molar-refractivity contribution in [1.82, 2.24) is 14.9 Å². The highest BCUT2D eigenvalue weighted by Gasteiger charge is 2.21. The fourth-order valence-electron chi connectivity index (χ4n) is 2.52. The lowest BCUT2D eigenvalue weighted by Gasteiger charge is -2.19. The molecule has 0 saturated carbocycles. The van der Waals surface area contributed by atoms with Crippen LogP contribution in [0.1, 0.15) is 17.4 Å². The minimum absolute atomic E-state index is 0.0586. The molecular weight excluding hydrogens is 356 g/mol. The predicted molar refractivity (Wildman–Crippen MR) is 96.7 cm³/mol. The number of hydrogen-bond donors (Lipinski definition) is 1. The molecule has 0 aliphatic carbocycles. The van der Waals surface area contributed by atoms with Crippen LogP contribution in [0.4, 0.5) is 8.78 Å². The molecule has 7 heteroatoms. The highest BCUT2D eigenvalue weighted by atomic mass is 32.2. The Morgan fingerprint density at radius 3 is 2.58 bits per heavy atom. The quantitative estimate of drug-likeness (QED) is 0.671. The maximum atomic E-state index is 13.7. The zero-order chi connectivity index (χ0) is 18.5. The molecule has 1 atom stereocenters. The number of thioether (sulfide) groups is 1. The summed E-state index contributed by atoms with van der Waals surface area (Å²) in [6.07, 6.45) is 3.40. The lowest BCUT2D eigenvalue weighted by molar-refractivity contribution is -0.119. The number of imidazole rings is 1. The van der Waals surface area contributed by atoms with Crippen LogP contribution in [0.25, 0.3) is 0 Å². The number of nitrogens with one attached hydrogen (secondary N) is 1. The fraction of sp³-hybridized carbons (Fsp3) is 0.158. The summed E-state index contributed by atoms with van der Waals surface area (Å²) in [6.45, 7) is 0. The van der Waals surface area contributed by atoms with Crippen molar-refractivity contribution in [2.75, 3.05) is 5.75 Å². The summed E-state index contributed by atoms with van der Waals surface area (Å²) < 4.78 is 28.7. The van der Waals surface area contributed by atoms with E-state index >= 15 is 0 Å². The highest BCUT2D eigenvalue weighted by Crippen LogP contribution is 2.23. The van der Waals surface area contributed by atoms with Gasteiger partial charge in [0.1, 0.15) is 23.5 Å². The number of hydrogen-bond acceptors (Lipinski definition) is 3. The first-order chi connectivity index (χ1) is 12.5. The van der Waals surface area contributed by atoms with Gasteiger partial charge in [0.15, 0.2) is 0 Å². The van der Waals surface area contributed by atoms with E-state index in [-0.39, 0.29) is 23.3 Å². The van der Waals surface area contributed by atoms with Crippen molar-refractivity contribution in [2.24, 2.45) is 7.05 Å². The van der Waals surface area contributed by atoms with Gasteiger partial charge in [0.05, 0.1) is 5.75 Å². The van der Waals surface area contributed by atoms with Crippen molar-refractivity contribution < 1.29 is 13.6 Å². The monoisotopic (exact) mass is 373 g/mol. The van der Waals surface area contributed by atoms with E-state index in [9.17, 15) is 13.6 Å². The number of nitrogens with zero attached hydrogens (tertiary/aromatic N) is 2. The Kier molecular flexibility index (Phi) is 5.68. The minimum atomic E-state index is -0.524. The summed E-state index contributed by atoms with van der Waals surface area (Å²) in [5, 5.41) is 2.90. The maximum Gasteiger partial charge on any atom is 0.231 e. The van der Waals surface area contributed by atoms with Crippen LogP contribution in [0.3, 0.4) is 0 Å². The molecule has 1 N–H and O–H groups in total. The van der Waals surface area contributed by atoms with Gasteiger partial charge in [-0.25, -0.2) is 13.8 Å². The Morgan fingerprint density at radius 2 is 1.92 bits per heavy atom. The molecule has 26 heavy (non-hydrogen) atoms. The van der Waals surface area contributed by atoms with Crippen molar-refractivity contribution in [3.8, 4) is 0 Å². The molecule has 0 aliphatic rings. The van der Waals surface area contributed by atoms with Gasteiger partial charge in [-0.15, -0.1) is 11.8 Å². The average molecular weight is 373 g/mol. The van der Waals surface area contributed by atoms with Crippen molar-refractivity contribution in [1.29, 1.82) is 0 Å². The van der Waals surface area contributed by atoms with Gasteiger partial charge in [-0.1, -0.05) is 24.3 Å². The van der Waals surface area contributed by atoms with Crippen LogP contribution < -0.4 is 5.32 Å². The van der Waals surface area contributed by atoms with Crippen molar-refractivity contribution >= 4 is 17.7 Å². The molecule has 1 amide bonds. The molecule has 2 aromatic carbocycles. The van der Waals surface area contributed by atoms with E-state index in [0.717, 1.165) is 11.8 Å². The van der Waals surface area contributed by atoms with E-state index in [4.69, 9.17) is 0 Å². The summed E-state index contributed by atoms with van der Waals surface area (Å²) in [4.78, 5) is 17.1. The van der Waals surface area contributed by atoms with Crippen LogP contribution in [-0.2, 0) is 11.8 Å². The normalized spacial score (nSPS) is 12.0.